The SMILES string of the molecule is CC(CCC(COS(=O)(=O)OCC(CCC(C)CC(C)(C)C)C(C)CC(C)(C)C)C(C)CC(C)(C)C)CC(C)(C)C. The molecule has 0 aromatic heterocycles. The van der Waals surface area contributed by atoms with Crippen LogP contribution >= 0.6 is 0 Å². The second kappa shape index (κ2) is 16.8. The van der Waals surface area contributed by atoms with E-state index in [1.165, 1.54) is 0 Å². The Kier molecular flexibility index (Phi) is 16.8. The van der Waals surface area contributed by atoms with Crippen molar-refractivity contribution in [3.63, 3.8) is 0 Å². The Morgan fingerprint density at radius 3 is 0.976 bits per heavy atom. The zero-order valence-corrected chi connectivity index (χ0v) is 31.4. The van der Waals surface area contributed by atoms with Crippen molar-refractivity contribution in [1.29, 1.82) is 0 Å². The summed E-state index contributed by atoms with van der Waals surface area (Å²) in [6.07, 6.45) is 8.52. The molecule has 0 spiro atoms. The lowest BCUT2D eigenvalue weighted by Gasteiger charge is -2.32. The predicted molar refractivity (Wildman–Crippen MR) is 179 cm³/mol. The van der Waals surface area contributed by atoms with E-state index in [9.17, 15) is 8.42 Å². The van der Waals surface area contributed by atoms with Crippen LogP contribution in [0.5, 0.6) is 0 Å². The highest BCUT2D eigenvalue weighted by Crippen LogP contribution is 2.36. The summed E-state index contributed by atoms with van der Waals surface area (Å²) in [6, 6.07) is 0. The molecule has 0 aromatic rings. The Labute approximate surface area is 259 Å². The number of hydrogen-bond donors (Lipinski definition) is 0. The highest BCUT2D eigenvalue weighted by molar-refractivity contribution is 7.81. The van der Waals surface area contributed by atoms with Gasteiger partial charge in [0.05, 0.1) is 13.2 Å². The lowest BCUT2D eigenvalue weighted by molar-refractivity contribution is 0.109. The van der Waals surface area contributed by atoms with E-state index in [0.29, 0.717) is 34.5 Å². The molecule has 248 valence electrons. The molecule has 0 radical (unpaired) electrons. The zero-order valence-electron chi connectivity index (χ0n) is 30.6. The molecule has 6 atom stereocenters. The van der Waals surface area contributed by atoms with Crippen LogP contribution in [0.1, 0.15) is 162 Å². The van der Waals surface area contributed by atoms with Gasteiger partial charge in [0.1, 0.15) is 0 Å². The van der Waals surface area contributed by atoms with Crippen LogP contribution < -0.4 is 0 Å². The van der Waals surface area contributed by atoms with Crippen molar-refractivity contribution in [2.24, 2.45) is 57.2 Å². The maximum absolute atomic E-state index is 13.1. The van der Waals surface area contributed by atoms with Crippen LogP contribution in [0.3, 0.4) is 0 Å². The third-order valence-corrected chi connectivity index (χ3v) is 9.16. The zero-order chi connectivity index (χ0) is 32.4. The van der Waals surface area contributed by atoms with Crippen LogP contribution in [-0.2, 0) is 18.8 Å². The van der Waals surface area contributed by atoms with Gasteiger partial charge in [0.15, 0.2) is 0 Å². The van der Waals surface area contributed by atoms with Gasteiger partial charge in [-0.2, -0.15) is 8.42 Å². The van der Waals surface area contributed by atoms with Crippen molar-refractivity contribution >= 4 is 10.4 Å². The van der Waals surface area contributed by atoms with E-state index in [1.807, 2.05) is 0 Å². The van der Waals surface area contributed by atoms with Gasteiger partial charge in [-0.25, -0.2) is 8.37 Å². The number of hydrogen-bond acceptors (Lipinski definition) is 4. The van der Waals surface area contributed by atoms with E-state index >= 15 is 0 Å². The van der Waals surface area contributed by atoms with E-state index in [2.05, 4.69) is 111 Å². The molecule has 0 aliphatic heterocycles. The van der Waals surface area contributed by atoms with Crippen molar-refractivity contribution in [3.8, 4) is 0 Å². The van der Waals surface area contributed by atoms with Gasteiger partial charge in [-0.3, -0.25) is 0 Å². The predicted octanol–water partition coefficient (Wildman–Crippen LogP) is 11.3. The highest BCUT2D eigenvalue weighted by Gasteiger charge is 2.29. The van der Waals surface area contributed by atoms with Gasteiger partial charge in [0.25, 0.3) is 0 Å². The van der Waals surface area contributed by atoms with E-state index in [-0.39, 0.29) is 35.9 Å². The first-order valence-electron chi connectivity index (χ1n) is 16.7. The molecule has 0 aliphatic rings. The molecule has 0 saturated heterocycles. The second-order valence-electron chi connectivity index (χ2n) is 18.9. The fraction of sp³-hybridized carbons (Fsp3) is 1.00. The van der Waals surface area contributed by atoms with E-state index in [1.54, 1.807) is 0 Å². The van der Waals surface area contributed by atoms with Gasteiger partial charge < -0.3 is 0 Å². The van der Waals surface area contributed by atoms with Crippen LogP contribution in [0.25, 0.3) is 0 Å². The molecule has 41 heavy (non-hydrogen) atoms. The lowest BCUT2D eigenvalue weighted by Crippen LogP contribution is -2.28. The summed E-state index contributed by atoms with van der Waals surface area (Å²) < 4.78 is 37.4. The minimum absolute atomic E-state index is 0.184. The average Bonchev–Trinajstić information content (AvgIpc) is 2.68. The van der Waals surface area contributed by atoms with Crippen LogP contribution in [0.2, 0.25) is 0 Å². The molecule has 0 N–H and O–H groups in total. The Hall–Kier alpha value is -0.130. The average molecular weight is 603 g/mol. The smallest absolute Gasteiger partial charge is 0.248 e. The Morgan fingerprint density at radius 1 is 0.463 bits per heavy atom. The summed E-state index contributed by atoms with van der Waals surface area (Å²) in [4.78, 5) is 0. The van der Waals surface area contributed by atoms with Gasteiger partial charge in [0.2, 0.25) is 0 Å². The van der Waals surface area contributed by atoms with Crippen molar-refractivity contribution in [2.45, 2.75) is 162 Å². The van der Waals surface area contributed by atoms with Crippen molar-refractivity contribution in [1.82, 2.24) is 0 Å². The molecule has 0 rings (SSSR count). The first kappa shape index (κ1) is 40.9. The van der Waals surface area contributed by atoms with Crippen LogP contribution in [0.4, 0.5) is 0 Å². The largest absolute Gasteiger partial charge is 0.399 e. The van der Waals surface area contributed by atoms with Gasteiger partial charge in [-0.05, 0) is 95.7 Å². The maximum atomic E-state index is 13.1. The first-order valence-corrected chi connectivity index (χ1v) is 18.1. The van der Waals surface area contributed by atoms with Crippen molar-refractivity contribution in [2.75, 3.05) is 13.2 Å². The molecule has 0 saturated carbocycles. The summed E-state index contributed by atoms with van der Waals surface area (Å²) in [5, 5.41) is 0. The molecular weight excluding hydrogens is 528 g/mol. The molecule has 5 heteroatoms. The summed E-state index contributed by atoms with van der Waals surface area (Å²) in [5.41, 5.74) is 0.963. The summed E-state index contributed by atoms with van der Waals surface area (Å²) in [7, 11) is -4.06. The topological polar surface area (TPSA) is 52.6 Å². The van der Waals surface area contributed by atoms with Crippen LogP contribution in [0, 0.1) is 57.2 Å². The third kappa shape index (κ3) is 23.0. The molecule has 0 amide bonds. The maximum Gasteiger partial charge on any atom is 0.399 e. The Bertz CT molecular complexity index is 742. The fourth-order valence-electron chi connectivity index (χ4n) is 7.00. The van der Waals surface area contributed by atoms with Gasteiger partial charge in [-0.1, -0.05) is 124 Å². The van der Waals surface area contributed by atoms with Gasteiger partial charge >= 0.3 is 10.4 Å². The molecule has 0 bridgehead atoms. The summed E-state index contributed by atoms with van der Waals surface area (Å²) in [6.45, 7) is 36.8. The normalized spacial score (nSPS) is 18.5. The first-order chi connectivity index (χ1) is 18.2. The third-order valence-electron chi connectivity index (χ3n) is 8.31. The summed E-state index contributed by atoms with van der Waals surface area (Å²) in [5.74, 6) is 2.30. The standard InChI is InChI=1S/C36H74O4S/c1-27(21-33(5,6)7)17-19-31(29(3)23-35(11,12)13)25-39-41(37,38)40-26-32(30(4)24-36(14,15)16)20-18-28(2)22-34(8,9)10/h27-32H,17-26H2,1-16H3. The molecular formula is C36H74O4S. The molecule has 0 aromatic carbocycles. The van der Waals surface area contributed by atoms with Crippen LogP contribution in [0.15, 0.2) is 0 Å². The van der Waals surface area contributed by atoms with E-state index in [0.717, 1.165) is 51.4 Å². The van der Waals surface area contributed by atoms with E-state index < -0.39 is 10.4 Å². The molecule has 6 unspecified atom stereocenters. The van der Waals surface area contributed by atoms with Crippen molar-refractivity contribution in [3.05, 3.63) is 0 Å². The van der Waals surface area contributed by atoms with Crippen molar-refractivity contribution < 1.29 is 16.8 Å². The monoisotopic (exact) mass is 603 g/mol. The minimum Gasteiger partial charge on any atom is -0.248 e. The highest BCUT2D eigenvalue weighted by atomic mass is 32.3. The molecule has 0 heterocycles. The Balaban J connectivity index is 5.42. The second-order valence-corrected chi connectivity index (χ2v) is 20.2. The number of rotatable bonds is 18. The lowest BCUT2D eigenvalue weighted by atomic mass is 9.76. The minimum atomic E-state index is -4.06. The Morgan fingerprint density at radius 2 is 0.732 bits per heavy atom. The summed E-state index contributed by atoms with van der Waals surface area (Å²) >= 11 is 0. The molecule has 4 nitrogen and oxygen atoms in total. The quantitative estimate of drug-likeness (QED) is 0.157. The molecule has 0 fully saturated rings. The molecule has 0 aliphatic carbocycles. The van der Waals surface area contributed by atoms with Gasteiger partial charge in [-0.15, -0.1) is 0 Å². The van der Waals surface area contributed by atoms with Gasteiger partial charge in [0, 0.05) is 0 Å². The van der Waals surface area contributed by atoms with E-state index in [4.69, 9.17) is 8.37 Å². The fourth-order valence-corrected chi connectivity index (χ4v) is 7.75. The van der Waals surface area contributed by atoms with Crippen LogP contribution in [-0.4, -0.2) is 21.6 Å².